The first-order valence-corrected chi connectivity index (χ1v) is 10.3. The van der Waals surface area contributed by atoms with Crippen molar-refractivity contribution in [1.82, 2.24) is 29.6 Å². The summed E-state index contributed by atoms with van der Waals surface area (Å²) < 4.78 is 27.5. The zero-order chi connectivity index (χ0) is 18.9. The molecular weight excluding hydrogens is 364 g/mol. The number of pyridine rings is 1. The van der Waals surface area contributed by atoms with E-state index in [0.29, 0.717) is 30.0 Å². The maximum atomic E-state index is 13.0. The molecule has 142 valence electrons. The molecule has 1 atom stereocenters. The van der Waals surface area contributed by atoms with Gasteiger partial charge in [-0.2, -0.15) is 19.7 Å². The molecule has 0 radical (unpaired) electrons. The lowest BCUT2D eigenvalue weighted by molar-refractivity contribution is 0.273. The Morgan fingerprint density at radius 3 is 2.93 bits per heavy atom. The number of H-pyrrole nitrogens is 1. The summed E-state index contributed by atoms with van der Waals surface area (Å²) in [6.07, 6.45) is 4.49. The summed E-state index contributed by atoms with van der Waals surface area (Å²) in [5.74, 6) is 0.317. The van der Waals surface area contributed by atoms with Crippen LogP contribution in [0.25, 0.3) is 11.0 Å². The first-order valence-electron chi connectivity index (χ1n) is 8.90. The second kappa shape index (κ2) is 7.34. The molecule has 3 aromatic rings. The summed E-state index contributed by atoms with van der Waals surface area (Å²) in [5.41, 5.74) is 2.37. The Labute approximate surface area is 158 Å². The van der Waals surface area contributed by atoms with Crippen molar-refractivity contribution in [3.8, 4) is 0 Å². The molecule has 0 saturated carbocycles. The molecule has 9 heteroatoms. The number of rotatable bonds is 6. The normalized spacial score (nSPS) is 18.5. The molecule has 2 aromatic heterocycles. The van der Waals surface area contributed by atoms with Crippen LogP contribution in [0.5, 0.6) is 0 Å². The van der Waals surface area contributed by atoms with Crippen LogP contribution >= 0.6 is 0 Å². The van der Waals surface area contributed by atoms with Crippen LogP contribution in [0.2, 0.25) is 0 Å². The van der Waals surface area contributed by atoms with E-state index in [1.165, 1.54) is 0 Å². The van der Waals surface area contributed by atoms with Crippen molar-refractivity contribution in [3.05, 3.63) is 48.3 Å². The molecule has 0 bridgehead atoms. The van der Waals surface area contributed by atoms with E-state index < -0.39 is 10.0 Å². The minimum Gasteiger partial charge on any atom is -0.302 e. The minimum atomic E-state index is -3.51. The van der Waals surface area contributed by atoms with Crippen LogP contribution in [0, 0.1) is 5.92 Å². The van der Waals surface area contributed by atoms with Crippen molar-refractivity contribution < 1.29 is 8.42 Å². The molecule has 0 amide bonds. The van der Waals surface area contributed by atoms with Gasteiger partial charge in [-0.25, -0.2) is 8.42 Å². The highest BCUT2D eigenvalue weighted by atomic mass is 32.2. The van der Waals surface area contributed by atoms with Crippen LogP contribution in [0.1, 0.15) is 12.0 Å². The largest absolute Gasteiger partial charge is 0.302 e. The highest BCUT2D eigenvalue weighted by molar-refractivity contribution is 7.89. The van der Waals surface area contributed by atoms with Crippen LogP contribution in [0.4, 0.5) is 0 Å². The third kappa shape index (κ3) is 3.85. The van der Waals surface area contributed by atoms with Gasteiger partial charge in [0.1, 0.15) is 11.0 Å². The van der Waals surface area contributed by atoms with E-state index in [0.717, 1.165) is 25.1 Å². The lowest BCUT2D eigenvalue weighted by atomic mass is 10.1. The van der Waals surface area contributed by atoms with E-state index in [9.17, 15) is 8.42 Å². The van der Waals surface area contributed by atoms with Gasteiger partial charge in [0, 0.05) is 38.6 Å². The van der Waals surface area contributed by atoms with E-state index in [1.807, 2.05) is 12.3 Å². The number of benzene rings is 1. The molecule has 1 aromatic carbocycles. The van der Waals surface area contributed by atoms with Gasteiger partial charge in [0.15, 0.2) is 0 Å². The van der Waals surface area contributed by atoms with Crippen molar-refractivity contribution in [3.63, 3.8) is 0 Å². The zero-order valence-electron chi connectivity index (χ0n) is 15.1. The van der Waals surface area contributed by atoms with Gasteiger partial charge < -0.3 is 4.90 Å². The summed E-state index contributed by atoms with van der Waals surface area (Å²) in [6, 6.07) is 8.84. The first kappa shape index (κ1) is 18.0. The average molecular weight is 386 g/mol. The number of aromatic nitrogens is 4. The Hall–Kier alpha value is -2.36. The van der Waals surface area contributed by atoms with Gasteiger partial charge in [-0.3, -0.25) is 4.98 Å². The molecular formula is C18H22N6O2S. The second-order valence-corrected chi connectivity index (χ2v) is 8.99. The van der Waals surface area contributed by atoms with Crippen molar-refractivity contribution >= 4 is 21.1 Å². The van der Waals surface area contributed by atoms with Crippen LogP contribution < -0.4 is 0 Å². The van der Waals surface area contributed by atoms with Crippen LogP contribution in [0.3, 0.4) is 0 Å². The Kier molecular flexibility index (Phi) is 4.90. The molecule has 27 heavy (non-hydrogen) atoms. The van der Waals surface area contributed by atoms with Crippen LogP contribution in [-0.2, 0) is 16.6 Å². The van der Waals surface area contributed by atoms with Crippen molar-refractivity contribution in [2.45, 2.75) is 17.9 Å². The minimum absolute atomic E-state index is 0.272. The molecule has 1 N–H and O–H groups in total. The standard InChI is InChI=1S/C18H22N6O2S/c1-23(11-14-3-2-7-19-10-14)12-15-6-8-24(13-15)27(25,26)16-4-5-17-18(9-16)21-22-20-17/h2-5,7,9-10,15H,6,8,11-13H2,1H3,(H,20,21,22). The number of nitrogens with one attached hydrogen (secondary N) is 1. The summed E-state index contributed by atoms with van der Waals surface area (Å²) >= 11 is 0. The molecule has 0 aliphatic carbocycles. The van der Waals surface area contributed by atoms with Gasteiger partial charge in [-0.05, 0) is 49.2 Å². The maximum absolute atomic E-state index is 13.0. The summed E-state index contributed by atoms with van der Waals surface area (Å²) in [6.45, 7) is 2.74. The molecule has 1 aliphatic rings. The van der Waals surface area contributed by atoms with E-state index in [-0.39, 0.29) is 4.90 Å². The molecule has 4 rings (SSSR count). The Bertz CT molecular complexity index is 1020. The maximum Gasteiger partial charge on any atom is 0.243 e. The van der Waals surface area contributed by atoms with E-state index in [4.69, 9.17) is 0 Å². The lowest BCUT2D eigenvalue weighted by Crippen LogP contribution is -2.31. The topological polar surface area (TPSA) is 95.1 Å². The molecule has 1 saturated heterocycles. The Balaban J connectivity index is 1.40. The summed E-state index contributed by atoms with van der Waals surface area (Å²) in [5, 5.41) is 10.5. The number of hydrogen-bond donors (Lipinski definition) is 1. The van der Waals surface area contributed by atoms with Gasteiger partial charge in [-0.15, -0.1) is 0 Å². The fourth-order valence-electron chi connectivity index (χ4n) is 3.60. The van der Waals surface area contributed by atoms with Gasteiger partial charge >= 0.3 is 0 Å². The smallest absolute Gasteiger partial charge is 0.243 e. The molecule has 8 nitrogen and oxygen atoms in total. The van der Waals surface area contributed by atoms with Crippen molar-refractivity contribution in [1.29, 1.82) is 0 Å². The van der Waals surface area contributed by atoms with Gasteiger partial charge in [0.05, 0.1) is 4.90 Å². The van der Waals surface area contributed by atoms with Crippen molar-refractivity contribution in [2.24, 2.45) is 5.92 Å². The zero-order valence-corrected chi connectivity index (χ0v) is 15.9. The number of sulfonamides is 1. The molecule has 0 spiro atoms. The fourth-order valence-corrected chi connectivity index (χ4v) is 5.15. The monoisotopic (exact) mass is 386 g/mol. The highest BCUT2D eigenvalue weighted by Gasteiger charge is 2.33. The molecule has 1 unspecified atom stereocenters. The van der Waals surface area contributed by atoms with Crippen LogP contribution in [0.15, 0.2) is 47.6 Å². The highest BCUT2D eigenvalue weighted by Crippen LogP contribution is 2.26. The predicted molar refractivity (Wildman–Crippen MR) is 101 cm³/mol. The van der Waals surface area contributed by atoms with Crippen LogP contribution in [-0.4, -0.2) is 64.7 Å². The Morgan fingerprint density at radius 2 is 2.11 bits per heavy atom. The average Bonchev–Trinajstić information content (AvgIpc) is 3.31. The molecule has 1 fully saturated rings. The second-order valence-electron chi connectivity index (χ2n) is 7.05. The molecule has 1 aliphatic heterocycles. The quantitative estimate of drug-likeness (QED) is 0.690. The summed E-state index contributed by atoms with van der Waals surface area (Å²) in [7, 11) is -1.45. The third-order valence-corrected chi connectivity index (χ3v) is 6.78. The number of nitrogens with zero attached hydrogens (tertiary/aromatic N) is 5. The van der Waals surface area contributed by atoms with Gasteiger partial charge in [-0.1, -0.05) is 6.07 Å². The Morgan fingerprint density at radius 1 is 1.26 bits per heavy atom. The fraction of sp³-hybridized carbons (Fsp3) is 0.389. The van der Waals surface area contributed by atoms with E-state index in [2.05, 4.69) is 38.4 Å². The number of fused-ring (bicyclic) bond motifs is 1. The summed E-state index contributed by atoms with van der Waals surface area (Å²) in [4.78, 5) is 6.63. The van der Waals surface area contributed by atoms with Gasteiger partial charge in [0.2, 0.25) is 10.0 Å². The van der Waals surface area contributed by atoms with E-state index >= 15 is 0 Å². The lowest BCUT2D eigenvalue weighted by Gasteiger charge is -2.21. The van der Waals surface area contributed by atoms with Gasteiger partial charge in [0.25, 0.3) is 0 Å². The van der Waals surface area contributed by atoms with E-state index in [1.54, 1.807) is 28.7 Å². The number of aromatic amines is 1. The third-order valence-electron chi connectivity index (χ3n) is 4.92. The predicted octanol–water partition coefficient (Wildman–Crippen LogP) is 1.50. The number of hydrogen-bond acceptors (Lipinski definition) is 6. The SMILES string of the molecule is CN(Cc1cccnc1)CC1CCN(S(=O)(=O)c2ccc3n[nH]nc3c2)C1. The molecule has 3 heterocycles. The first-order chi connectivity index (χ1) is 13.0. The van der Waals surface area contributed by atoms with Crippen molar-refractivity contribution in [2.75, 3.05) is 26.7 Å².